The van der Waals surface area contributed by atoms with E-state index >= 15 is 0 Å². The van der Waals surface area contributed by atoms with Crippen molar-refractivity contribution in [3.8, 4) is 0 Å². The highest BCUT2D eigenvalue weighted by molar-refractivity contribution is 5.99. The van der Waals surface area contributed by atoms with Crippen LogP contribution in [0, 0.1) is 15.9 Å². The lowest BCUT2D eigenvalue weighted by Crippen LogP contribution is -2.33. The minimum Gasteiger partial charge on any atom is -0.336 e. The highest BCUT2D eigenvalue weighted by atomic mass is 19.1. The van der Waals surface area contributed by atoms with Crippen molar-refractivity contribution < 1.29 is 14.1 Å². The predicted molar refractivity (Wildman–Crippen MR) is 70.6 cm³/mol. The number of anilines is 1. The number of nitro benzene ring substituents is 1. The molecule has 0 radical (unpaired) electrons. The van der Waals surface area contributed by atoms with E-state index in [-0.39, 0.29) is 17.3 Å². The van der Waals surface area contributed by atoms with Crippen molar-refractivity contribution in [2.75, 3.05) is 12.0 Å². The van der Waals surface area contributed by atoms with Crippen LogP contribution in [-0.2, 0) is 0 Å². The summed E-state index contributed by atoms with van der Waals surface area (Å²) in [7, 11) is 0. The minimum absolute atomic E-state index is 0.117. The molecule has 0 unspecified atom stereocenters. The third-order valence-corrected chi connectivity index (χ3v) is 3.26. The molecule has 0 spiro atoms. The minimum atomic E-state index is -0.870. The number of hydrazine groups is 1. The molecule has 0 saturated heterocycles. The molecule has 7 nitrogen and oxygen atoms in total. The summed E-state index contributed by atoms with van der Waals surface area (Å²) in [6.45, 7) is 2.25. The van der Waals surface area contributed by atoms with Gasteiger partial charge in [0.15, 0.2) is 5.82 Å². The van der Waals surface area contributed by atoms with Gasteiger partial charge in [-0.05, 0) is 25.8 Å². The fourth-order valence-electron chi connectivity index (χ4n) is 2.10. The van der Waals surface area contributed by atoms with Gasteiger partial charge in [-0.25, -0.2) is 4.39 Å². The molecule has 0 heterocycles. The average molecular weight is 282 g/mol. The van der Waals surface area contributed by atoms with E-state index < -0.39 is 22.3 Å². The molecule has 0 aliphatic heterocycles. The van der Waals surface area contributed by atoms with Crippen molar-refractivity contribution in [2.24, 2.45) is 5.84 Å². The van der Waals surface area contributed by atoms with E-state index in [1.54, 1.807) is 11.8 Å². The second kappa shape index (κ2) is 5.41. The summed E-state index contributed by atoms with van der Waals surface area (Å²) in [5, 5.41) is 11.0. The first-order chi connectivity index (χ1) is 9.49. The number of nitrogens with two attached hydrogens (primary N) is 1. The lowest BCUT2D eigenvalue weighted by Gasteiger charge is -2.20. The number of amides is 1. The molecule has 8 heteroatoms. The van der Waals surface area contributed by atoms with Gasteiger partial charge in [0.25, 0.3) is 11.6 Å². The zero-order chi connectivity index (χ0) is 14.9. The van der Waals surface area contributed by atoms with Crippen LogP contribution in [0.15, 0.2) is 12.1 Å². The Labute approximate surface area is 114 Å². The van der Waals surface area contributed by atoms with Crippen LogP contribution in [-0.4, -0.2) is 28.3 Å². The standard InChI is InChI=1S/C12H15FN4O3/c1-2-16(7-3-4-7)12(18)8-5-10(15-14)9(13)6-11(8)17(19)20/h5-7,15H,2-4,14H2,1H3. The summed E-state index contributed by atoms with van der Waals surface area (Å²) in [5.41, 5.74) is 1.24. The number of hydrogen-bond donors (Lipinski definition) is 2. The highest BCUT2D eigenvalue weighted by Crippen LogP contribution is 2.32. The number of nitrogens with zero attached hydrogens (tertiary/aromatic N) is 2. The second-order valence-electron chi connectivity index (χ2n) is 4.57. The number of carbonyl (C=O) groups excluding carboxylic acids is 1. The van der Waals surface area contributed by atoms with E-state index in [9.17, 15) is 19.3 Å². The Morgan fingerprint density at radius 3 is 2.70 bits per heavy atom. The molecule has 0 bridgehead atoms. The van der Waals surface area contributed by atoms with Crippen molar-refractivity contribution >= 4 is 17.3 Å². The monoisotopic (exact) mass is 282 g/mol. The van der Waals surface area contributed by atoms with Crippen molar-refractivity contribution in [3.05, 3.63) is 33.6 Å². The normalized spacial score (nSPS) is 13.9. The first kappa shape index (κ1) is 14.2. The molecule has 2 rings (SSSR count). The first-order valence-corrected chi connectivity index (χ1v) is 6.25. The predicted octanol–water partition coefficient (Wildman–Crippen LogP) is 1.64. The maximum absolute atomic E-state index is 13.5. The average Bonchev–Trinajstić information content (AvgIpc) is 3.23. The third kappa shape index (κ3) is 2.55. The van der Waals surface area contributed by atoms with E-state index in [0.717, 1.165) is 18.9 Å². The molecule has 1 aliphatic rings. The van der Waals surface area contributed by atoms with Crippen LogP contribution >= 0.6 is 0 Å². The molecular weight excluding hydrogens is 267 g/mol. The van der Waals surface area contributed by atoms with Gasteiger partial charge >= 0.3 is 0 Å². The Bertz CT molecular complexity index is 560. The van der Waals surface area contributed by atoms with Gasteiger partial charge in [-0.2, -0.15) is 0 Å². The number of hydrogen-bond acceptors (Lipinski definition) is 5. The van der Waals surface area contributed by atoms with Crippen LogP contribution in [0.4, 0.5) is 15.8 Å². The van der Waals surface area contributed by atoms with Crippen LogP contribution in [0.25, 0.3) is 0 Å². The smallest absolute Gasteiger partial charge is 0.285 e. The first-order valence-electron chi connectivity index (χ1n) is 6.25. The van der Waals surface area contributed by atoms with Crippen molar-refractivity contribution in [1.82, 2.24) is 4.90 Å². The topological polar surface area (TPSA) is 102 Å². The summed E-state index contributed by atoms with van der Waals surface area (Å²) >= 11 is 0. The van der Waals surface area contributed by atoms with E-state index in [4.69, 9.17) is 5.84 Å². The molecule has 3 N–H and O–H groups in total. The molecule has 1 amide bonds. The Kier molecular flexibility index (Phi) is 3.84. The zero-order valence-electron chi connectivity index (χ0n) is 10.9. The maximum Gasteiger partial charge on any atom is 0.285 e. The quantitative estimate of drug-likeness (QED) is 0.485. The summed E-state index contributed by atoms with van der Waals surface area (Å²) < 4.78 is 13.5. The summed E-state index contributed by atoms with van der Waals surface area (Å²) in [6.07, 6.45) is 1.77. The fraction of sp³-hybridized carbons (Fsp3) is 0.417. The van der Waals surface area contributed by atoms with Gasteiger partial charge in [0.1, 0.15) is 5.56 Å². The molecule has 1 fully saturated rings. The number of rotatable bonds is 5. The van der Waals surface area contributed by atoms with Gasteiger partial charge in [0, 0.05) is 12.6 Å². The summed E-state index contributed by atoms with van der Waals surface area (Å²) in [4.78, 5) is 24.2. The molecule has 1 saturated carbocycles. The van der Waals surface area contributed by atoms with Crippen molar-refractivity contribution in [2.45, 2.75) is 25.8 Å². The van der Waals surface area contributed by atoms with Gasteiger partial charge in [0.2, 0.25) is 0 Å². The number of carbonyl (C=O) groups is 1. The van der Waals surface area contributed by atoms with Crippen molar-refractivity contribution in [3.63, 3.8) is 0 Å². The Morgan fingerprint density at radius 1 is 1.60 bits per heavy atom. The lowest BCUT2D eigenvalue weighted by atomic mass is 10.1. The van der Waals surface area contributed by atoms with E-state index in [1.165, 1.54) is 0 Å². The molecule has 0 aromatic heterocycles. The zero-order valence-corrected chi connectivity index (χ0v) is 10.9. The molecule has 108 valence electrons. The fourth-order valence-corrected chi connectivity index (χ4v) is 2.10. The van der Waals surface area contributed by atoms with Gasteiger partial charge in [-0.15, -0.1) is 0 Å². The summed E-state index contributed by atoms with van der Waals surface area (Å²) in [5.74, 6) is 3.80. The number of nitro groups is 1. The SMILES string of the molecule is CCN(C(=O)c1cc(NN)c(F)cc1[N+](=O)[O-])C1CC1. The van der Waals surface area contributed by atoms with Crippen LogP contribution < -0.4 is 11.3 Å². The molecule has 0 atom stereocenters. The molecule has 1 aromatic carbocycles. The molecule has 1 aliphatic carbocycles. The van der Waals surface area contributed by atoms with Crippen LogP contribution in [0.5, 0.6) is 0 Å². The Morgan fingerprint density at radius 2 is 2.25 bits per heavy atom. The number of nitrogens with one attached hydrogen (secondary N) is 1. The van der Waals surface area contributed by atoms with E-state index in [1.807, 2.05) is 0 Å². The highest BCUT2D eigenvalue weighted by Gasteiger charge is 2.35. The number of nitrogen functional groups attached to an aromatic ring is 1. The Balaban J connectivity index is 2.47. The maximum atomic E-state index is 13.5. The van der Waals surface area contributed by atoms with Gasteiger partial charge in [-0.1, -0.05) is 0 Å². The molecule has 20 heavy (non-hydrogen) atoms. The Hall–Kier alpha value is -2.22. The van der Waals surface area contributed by atoms with Gasteiger partial charge in [0.05, 0.1) is 16.7 Å². The van der Waals surface area contributed by atoms with Crippen LogP contribution in [0.3, 0.4) is 0 Å². The van der Waals surface area contributed by atoms with Crippen molar-refractivity contribution in [1.29, 1.82) is 0 Å². The lowest BCUT2D eigenvalue weighted by molar-refractivity contribution is -0.385. The largest absolute Gasteiger partial charge is 0.336 e. The molecular formula is C12H15FN4O3. The third-order valence-electron chi connectivity index (χ3n) is 3.26. The summed E-state index contributed by atoms with van der Waals surface area (Å²) in [6, 6.07) is 1.91. The van der Waals surface area contributed by atoms with Gasteiger partial charge in [-0.3, -0.25) is 20.8 Å². The molecule has 1 aromatic rings. The van der Waals surface area contributed by atoms with Crippen LogP contribution in [0.2, 0.25) is 0 Å². The van der Waals surface area contributed by atoms with E-state index in [2.05, 4.69) is 5.43 Å². The van der Waals surface area contributed by atoms with Crippen LogP contribution in [0.1, 0.15) is 30.1 Å². The number of halogens is 1. The second-order valence-corrected chi connectivity index (χ2v) is 4.57. The van der Waals surface area contributed by atoms with E-state index in [0.29, 0.717) is 12.6 Å². The van der Waals surface area contributed by atoms with Gasteiger partial charge < -0.3 is 10.3 Å². The number of benzene rings is 1.